The summed E-state index contributed by atoms with van der Waals surface area (Å²) in [6.45, 7) is 4.08. The molecular formula is C14H21NO2. The summed E-state index contributed by atoms with van der Waals surface area (Å²) in [4.78, 5) is 14.2. The van der Waals surface area contributed by atoms with Gasteiger partial charge in [0.15, 0.2) is 0 Å². The molecule has 1 fully saturated rings. The standard InChI is InChI=1S/C14H21NO2/c1-10-6-4-5-7-13(10)15(3)14(16)12-8-9-17-11(12)2/h8-10,13H,4-7H2,1-3H3. The zero-order valence-electron chi connectivity index (χ0n) is 10.9. The second-order valence-corrected chi connectivity index (χ2v) is 5.14. The number of carbonyl (C=O) groups is 1. The highest BCUT2D eigenvalue weighted by Crippen LogP contribution is 2.28. The van der Waals surface area contributed by atoms with Gasteiger partial charge in [-0.2, -0.15) is 0 Å². The summed E-state index contributed by atoms with van der Waals surface area (Å²) in [7, 11) is 1.92. The summed E-state index contributed by atoms with van der Waals surface area (Å²) in [6.07, 6.45) is 6.47. The highest BCUT2D eigenvalue weighted by molar-refractivity contribution is 5.95. The van der Waals surface area contributed by atoms with E-state index in [2.05, 4.69) is 6.92 Å². The Bertz CT molecular complexity index is 397. The molecule has 94 valence electrons. The third kappa shape index (κ3) is 2.38. The van der Waals surface area contributed by atoms with E-state index in [1.807, 2.05) is 18.9 Å². The molecule has 2 atom stereocenters. The predicted molar refractivity (Wildman–Crippen MR) is 67.0 cm³/mol. The Labute approximate surface area is 103 Å². The van der Waals surface area contributed by atoms with Gasteiger partial charge < -0.3 is 9.32 Å². The van der Waals surface area contributed by atoms with Crippen LogP contribution in [-0.2, 0) is 0 Å². The van der Waals surface area contributed by atoms with Crippen molar-refractivity contribution in [2.75, 3.05) is 7.05 Å². The maximum Gasteiger partial charge on any atom is 0.257 e. The van der Waals surface area contributed by atoms with Gasteiger partial charge in [0.25, 0.3) is 5.91 Å². The molecule has 0 radical (unpaired) electrons. The number of hydrogen-bond donors (Lipinski definition) is 0. The number of nitrogens with zero attached hydrogens (tertiary/aromatic N) is 1. The van der Waals surface area contributed by atoms with Crippen LogP contribution in [0.3, 0.4) is 0 Å². The van der Waals surface area contributed by atoms with E-state index in [1.165, 1.54) is 19.3 Å². The van der Waals surface area contributed by atoms with Crippen LogP contribution in [0.15, 0.2) is 16.7 Å². The first-order valence-electron chi connectivity index (χ1n) is 6.42. The topological polar surface area (TPSA) is 33.5 Å². The summed E-state index contributed by atoms with van der Waals surface area (Å²) in [5.41, 5.74) is 0.699. The van der Waals surface area contributed by atoms with Crippen LogP contribution in [0.2, 0.25) is 0 Å². The number of furan rings is 1. The third-order valence-electron chi connectivity index (χ3n) is 3.97. The first-order valence-corrected chi connectivity index (χ1v) is 6.42. The molecule has 1 saturated carbocycles. The van der Waals surface area contributed by atoms with Crippen LogP contribution in [-0.4, -0.2) is 23.9 Å². The molecule has 1 amide bonds. The van der Waals surface area contributed by atoms with Crippen molar-refractivity contribution < 1.29 is 9.21 Å². The number of rotatable bonds is 2. The van der Waals surface area contributed by atoms with E-state index < -0.39 is 0 Å². The molecule has 1 aromatic heterocycles. The van der Waals surface area contributed by atoms with Crippen LogP contribution < -0.4 is 0 Å². The minimum atomic E-state index is 0.0926. The molecule has 1 aliphatic rings. The molecule has 0 bridgehead atoms. The highest BCUT2D eigenvalue weighted by Gasteiger charge is 2.29. The Morgan fingerprint density at radius 1 is 1.41 bits per heavy atom. The molecule has 1 heterocycles. The Kier molecular flexibility index (Phi) is 3.55. The lowest BCUT2D eigenvalue weighted by atomic mass is 9.85. The van der Waals surface area contributed by atoms with Gasteiger partial charge in [0.1, 0.15) is 5.76 Å². The SMILES string of the molecule is Cc1occc1C(=O)N(C)C1CCCCC1C. The first-order chi connectivity index (χ1) is 8.11. The van der Waals surface area contributed by atoms with Gasteiger partial charge in [-0.1, -0.05) is 19.8 Å². The fourth-order valence-corrected chi connectivity index (χ4v) is 2.82. The Balaban J connectivity index is 2.11. The van der Waals surface area contributed by atoms with E-state index in [-0.39, 0.29) is 5.91 Å². The Morgan fingerprint density at radius 2 is 2.12 bits per heavy atom. The molecule has 1 aliphatic carbocycles. The van der Waals surface area contributed by atoms with Crippen molar-refractivity contribution in [2.24, 2.45) is 5.92 Å². The van der Waals surface area contributed by atoms with Gasteiger partial charge in [0.2, 0.25) is 0 Å². The number of carbonyl (C=O) groups excluding carboxylic acids is 1. The van der Waals surface area contributed by atoms with E-state index in [1.54, 1.807) is 12.3 Å². The molecule has 0 spiro atoms. The molecule has 17 heavy (non-hydrogen) atoms. The number of aryl methyl sites for hydroxylation is 1. The molecule has 3 nitrogen and oxygen atoms in total. The fraction of sp³-hybridized carbons (Fsp3) is 0.643. The molecule has 1 aromatic rings. The van der Waals surface area contributed by atoms with Crippen LogP contribution in [0.5, 0.6) is 0 Å². The van der Waals surface area contributed by atoms with Gasteiger partial charge in [-0.15, -0.1) is 0 Å². The molecule has 3 heteroatoms. The molecule has 0 N–H and O–H groups in total. The minimum Gasteiger partial charge on any atom is -0.469 e. The van der Waals surface area contributed by atoms with E-state index in [0.717, 1.165) is 6.42 Å². The van der Waals surface area contributed by atoms with Crippen molar-refractivity contribution in [1.82, 2.24) is 4.90 Å². The highest BCUT2D eigenvalue weighted by atomic mass is 16.3. The van der Waals surface area contributed by atoms with Gasteiger partial charge in [-0.05, 0) is 31.7 Å². The van der Waals surface area contributed by atoms with Crippen LogP contribution >= 0.6 is 0 Å². The molecule has 2 rings (SSSR count). The lowest BCUT2D eigenvalue weighted by Crippen LogP contribution is -2.42. The van der Waals surface area contributed by atoms with Crippen LogP contribution in [0.1, 0.15) is 48.7 Å². The zero-order chi connectivity index (χ0) is 12.4. The Morgan fingerprint density at radius 3 is 2.71 bits per heavy atom. The quantitative estimate of drug-likeness (QED) is 0.788. The predicted octanol–water partition coefficient (Wildman–Crippen LogP) is 3.24. The third-order valence-corrected chi connectivity index (χ3v) is 3.97. The average molecular weight is 235 g/mol. The van der Waals surface area contributed by atoms with Crippen molar-refractivity contribution in [3.8, 4) is 0 Å². The van der Waals surface area contributed by atoms with Gasteiger partial charge in [-0.3, -0.25) is 4.79 Å². The van der Waals surface area contributed by atoms with Crippen molar-refractivity contribution in [1.29, 1.82) is 0 Å². The first kappa shape index (κ1) is 12.2. The van der Waals surface area contributed by atoms with Crippen LogP contribution in [0.4, 0.5) is 0 Å². The smallest absolute Gasteiger partial charge is 0.257 e. The van der Waals surface area contributed by atoms with Crippen molar-refractivity contribution in [3.05, 3.63) is 23.7 Å². The average Bonchev–Trinajstić information content (AvgIpc) is 2.74. The van der Waals surface area contributed by atoms with E-state index >= 15 is 0 Å². The van der Waals surface area contributed by atoms with Gasteiger partial charge in [-0.25, -0.2) is 0 Å². The van der Waals surface area contributed by atoms with Gasteiger partial charge in [0.05, 0.1) is 11.8 Å². The Hall–Kier alpha value is -1.25. The maximum absolute atomic E-state index is 12.3. The fourth-order valence-electron chi connectivity index (χ4n) is 2.82. The summed E-state index contributed by atoms with van der Waals surface area (Å²) in [6, 6.07) is 2.15. The van der Waals surface area contributed by atoms with Crippen molar-refractivity contribution in [3.63, 3.8) is 0 Å². The van der Waals surface area contributed by atoms with Crippen molar-refractivity contribution >= 4 is 5.91 Å². The molecule has 0 saturated heterocycles. The molecule has 0 aliphatic heterocycles. The van der Waals surface area contributed by atoms with E-state index in [9.17, 15) is 4.79 Å². The number of hydrogen-bond acceptors (Lipinski definition) is 2. The van der Waals surface area contributed by atoms with E-state index in [4.69, 9.17) is 4.42 Å². The normalized spacial score (nSPS) is 24.6. The van der Waals surface area contributed by atoms with Gasteiger partial charge in [0, 0.05) is 13.1 Å². The second kappa shape index (κ2) is 4.94. The zero-order valence-corrected chi connectivity index (χ0v) is 10.9. The van der Waals surface area contributed by atoms with Crippen LogP contribution in [0, 0.1) is 12.8 Å². The number of amides is 1. The lowest BCUT2D eigenvalue weighted by Gasteiger charge is -2.36. The second-order valence-electron chi connectivity index (χ2n) is 5.14. The summed E-state index contributed by atoms with van der Waals surface area (Å²) >= 11 is 0. The largest absolute Gasteiger partial charge is 0.469 e. The summed E-state index contributed by atoms with van der Waals surface area (Å²) in [5, 5.41) is 0. The molecular weight excluding hydrogens is 214 g/mol. The lowest BCUT2D eigenvalue weighted by molar-refractivity contribution is 0.0627. The minimum absolute atomic E-state index is 0.0926. The molecule has 0 aromatic carbocycles. The van der Waals surface area contributed by atoms with E-state index in [0.29, 0.717) is 23.3 Å². The summed E-state index contributed by atoms with van der Waals surface area (Å²) in [5.74, 6) is 1.41. The van der Waals surface area contributed by atoms with Crippen molar-refractivity contribution in [2.45, 2.75) is 45.6 Å². The molecule has 2 unspecified atom stereocenters. The maximum atomic E-state index is 12.3. The summed E-state index contributed by atoms with van der Waals surface area (Å²) < 4.78 is 5.20. The van der Waals surface area contributed by atoms with Crippen LogP contribution in [0.25, 0.3) is 0 Å². The van der Waals surface area contributed by atoms with Gasteiger partial charge >= 0.3 is 0 Å². The monoisotopic (exact) mass is 235 g/mol.